The Hall–Kier alpha value is -0.660. The molecule has 0 radical (unpaired) electrons. The first kappa shape index (κ1) is 14.3. The molecule has 4 nitrogen and oxygen atoms in total. The molecule has 106 valence electrons. The maximum Gasteiger partial charge on any atom is 0.140 e. The van der Waals surface area contributed by atoms with Crippen molar-refractivity contribution < 1.29 is 4.74 Å². The van der Waals surface area contributed by atoms with Crippen LogP contribution >= 0.6 is 34.2 Å². The maximum atomic E-state index is 6.35. The Morgan fingerprint density at radius 2 is 2.20 bits per heavy atom. The molecule has 0 aliphatic carbocycles. The van der Waals surface area contributed by atoms with Gasteiger partial charge in [-0.2, -0.15) is 0 Å². The van der Waals surface area contributed by atoms with E-state index in [1.807, 2.05) is 12.1 Å². The van der Waals surface area contributed by atoms with Crippen molar-refractivity contribution in [3.05, 3.63) is 27.1 Å². The summed E-state index contributed by atoms with van der Waals surface area (Å²) in [5.41, 5.74) is 0.807. The molecule has 0 bridgehead atoms. The van der Waals surface area contributed by atoms with Gasteiger partial charge in [0.2, 0.25) is 0 Å². The van der Waals surface area contributed by atoms with E-state index >= 15 is 0 Å². The first-order valence-corrected chi connectivity index (χ1v) is 7.98. The first-order chi connectivity index (χ1) is 9.59. The van der Waals surface area contributed by atoms with Gasteiger partial charge in [0.15, 0.2) is 0 Å². The highest BCUT2D eigenvalue weighted by Gasteiger charge is 2.29. The highest BCUT2D eigenvalue weighted by Crippen LogP contribution is 2.33. The highest BCUT2D eigenvalue weighted by atomic mass is 127. The Morgan fingerprint density at radius 3 is 2.90 bits per heavy atom. The fourth-order valence-electron chi connectivity index (χ4n) is 2.72. The van der Waals surface area contributed by atoms with Crippen LogP contribution in [0.15, 0.2) is 18.5 Å². The molecule has 1 aliphatic rings. The summed E-state index contributed by atoms with van der Waals surface area (Å²) < 4.78 is 6.65. The number of fused-ring (bicyclic) bond motifs is 1. The van der Waals surface area contributed by atoms with Crippen molar-refractivity contribution in [3.8, 4) is 0 Å². The van der Waals surface area contributed by atoms with Crippen LogP contribution in [0, 0.1) is 3.57 Å². The van der Waals surface area contributed by atoms with Crippen LogP contribution in [0.3, 0.4) is 0 Å². The second-order valence-electron chi connectivity index (χ2n) is 5.00. The lowest BCUT2D eigenvalue weighted by Gasteiger charge is -2.28. The van der Waals surface area contributed by atoms with E-state index in [1.54, 1.807) is 6.33 Å². The zero-order chi connectivity index (χ0) is 14.3. The summed E-state index contributed by atoms with van der Waals surface area (Å²) in [6.45, 7) is 2.91. The molecular weight excluding hydrogens is 389 g/mol. The zero-order valence-corrected chi connectivity index (χ0v) is 14.2. The van der Waals surface area contributed by atoms with Crippen molar-refractivity contribution in [1.29, 1.82) is 0 Å². The number of hydrogen-bond acceptors (Lipinski definition) is 4. The molecule has 2 unspecified atom stereocenters. The molecule has 1 saturated heterocycles. The monoisotopic (exact) mass is 403 g/mol. The van der Waals surface area contributed by atoms with Crippen LogP contribution in [-0.2, 0) is 4.74 Å². The molecule has 0 N–H and O–H groups in total. The van der Waals surface area contributed by atoms with Gasteiger partial charge < -0.3 is 9.64 Å². The number of benzene rings is 1. The predicted octanol–water partition coefficient (Wildman–Crippen LogP) is 3.50. The molecule has 0 spiro atoms. The summed E-state index contributed by atoms with van der Waals surface area (Å²) in [6.07, 6.45) is 2.81. The van der Waals surface area contributed by atoms with E-state index in [1.165, 1.54) is 0 Å². The van der Waals surface area contributed by atoms with Crippen molar-refractivity contribution in [2.45, 2.75) is 25.5 Å². The second-order valence-corrected chi connectivity index (χ2v) is 6.54. The molecule has 20 heavy (non-hydrogen) atoms. The second kappa shape index (κ2) is 5.61. The van der Waals surface area contributed by atoms with Gasteiger partial charge in [-0.3, -0.25) is 0 Å². The Morgan fingerprint density at radius 1 is 1.40 bits per heavy atom. The topological polar surface area (TPSA) is 38.2 Å². The lowest BCUT2D eigenvalue weighted by Crippen LogP contribution is -2.37. The Kier molecular flexibility index (Phi) is 4.01. The molecule has 6 heteroatoms. The van der Waals surface area contributed by atoms with Gasteiger partial charge in [-0.05, 0) is 48.1 Å². The summed E-state index contributed by atoms with van der Waals surface area (Å²) in [5.74, 6) is 0.913. The van der Waals surface area contributed by atoms with Gasteiger partial charge in [0.05, 0.1) is 22.7 Å². The van der Waals surface area contributed by atoms with Crippen molar-refractivity contribution in [2.75, 3.05) is 18.6 Å². The lowest BCUT2D eigenvalue weighted by atomic mass is 10.1. The normalized spacial score (nSPS) is 22.4. The molecule has 2 aromatic rings. The van der Waals surface area contributed by atoms with Crippen LogP contribution in [0.2, 0.25) is 5.02 Å². The van der Waals surface area contributed by atoms with E-state index in [2.05, 4.69) is 51.4 Å². The van der Waals surface area contributed by atoms with Crippen LogP contribution in [0.25, 0.3) is 10.9 Å². The van der Waals surface area contributed by atoms with Crippen molar-refractivity contribution >= 4 is 50.9 Å². The Labute approximate surface area is 136 Å². The lowest BCUT2D eigenvalue weighted by molar-refractivity contribution is 0.118. The SMILES string of the molecule is CC1OCCC1N(C)c1ncnc2c(Cl)c(I)ccc12. The van der Waals surface area contributed by atoms with Gasteiger partial charge >= 0.3 is 0 Å². The molecule has 0 amide bonds. The van der Waals surface area contributed by atoms with Gasteiger partial charge in [-0.15, -0.1) is 0 Å². The largest absolute Gasteiger partial charge is 0.376 e. The Bertz CT molecular complexity index is 652. The third-order valence-electron chi connectivity index (χ3n) is 3.84. The van der Waals surface area contributed by atoms with Gasteiger partial charge in [-0.1, -0.05) is 11.6 Å². The summed E-state index contributed by atoms with van der Waals surface area (Å²) in [6, 6.07) is 4.38. The van der Waals surface area contributed by atoms with Crippen molar-refractivity contribution in [2.24, 2.45) is 0 Å². The maximum absolute atomic E-state index is 6.35. The van der Waals surface area contributed by atoms with Gasteiger partial charge in [-0.25, -0.2) is 9.97 Å². The molecule has 1 aliphatic heterocycles. The number of halogens is 2. The molecular formula is C14H15ClIN3O. The van der Waals surface area contributed by atoms with Crippen LogP contribution in [0.5, 0.6) is 0 Å². The van der Waals surface area contributed by atoms with Gasteiger partial charge in [0, 0.05) is 22.6 Å². The molecule has 2 atom stereocenters. The third kappa shape index (κ3) is 2.35. The number of ether oxygens (including phenoxy) is 1. The van der Waals surface area contributed by atoms with Crippen LogP contribution in [0.1, 0.15) is 13.3 Å². The summed E-state index contributed by atoms with van der Waals surface area (Å²) in [5, 5.41) is 1.68. The van der Waals surface area contributed by atoms with E-state index < -0.39 is 0 Å². The van der Waals surface area contributed by atoms with Crippen LogP contribution < -0.4 is 4.90 Å². The molecule has 1 fully saturated rings. The number of hydrogen-bond donors (Lipinski definition) is 0. The van der Waals surface area contributed by atoms with Crippen molar-refractivity contribution in [1.82, 2.24) is 9.97 Å². The number of rotatable bonds is 2. The molecule has 0 saturated carbocycles. The highest BCUT2D eigenvalue weighted by molar-refractivity contribution is 14.1. The van der Waals surface area contributed by atoms with Crippen molar-refractivity contribution in [3.63, 3.8) is 0 Å². The smallest absolute Gasteiger partial charge is 0.140 e. The quantitative estimate of drug-likeness (QED) is 0.720. The average Bonchev–Trinajstić information content (AvgIpc) is 2.88. The van der Waals surface area contributed by atoms with Crippen LogP contribution in [-0.4, -0.2) is 35.8 Å². The summed E-state index contributed by atoms with van der Waals surface area (Å²) in [7, 11) is 2.06. The molecule has 1 aromatic heterocycles. The third-order valence-corrected chi connectivity index (χ3v) is 5.44. The van der Waals surface area contributed by atoms with E-state index in [-0.39, 0.29) is 6.10 Å². The average molecular weight is 404 g/mol. The minimum Gasteiger partial charge on any atom is -0.376 e. The molecule has 2 heterocycles. The van der Waals surface area contributed by atoms with E-state index in [4.69, 9.17) is 16.3 Å². The standard InChI is InChI=1S/C14H15ClIN3O/c1-8-11(5-6-20-8)19(2)14-9-3-4-10(16)12(15)13(9)17-7-18-14/h3-4,7-8,11H,5-6H2,1-2H3. The zero-order valence-electron chi connectivity index (χ0n) is 11.3. The van der Waals surface area contributed by atoms with E-state index in [9.17, 15) is 0 Å². The number of nitrogens with zero attached hydrogens (tertiary/aromatic N) is 3. The fourth-order valence-corrected chi connectivity index (χ4v) is 3.37. The summed E-state index contributed by atoms with van der Waals surface area (Å²) in [4.78, 5) is 11.0. The molecule has 1 aromatic carbocycles. The Balaban J connectivity index is 2.10. The van der Waals surface area contributed by atoms with Crippen LogP contribution in [0.4, 0.5) is 5.82 Å². The first-order valence-electron chi connectivity index (χ1n) is 6.52. The van der Waals surface area contributed by atoms with Gasteiger partial charge in [0.25, 0.3) is 0 Å². The van der Waals surface area contributed by atoms with E-state index in [0.29, 0.717) is 11.1 Å². The fraction of sp³-hybridized carbons (Fsp3) is 0.429. The minimum atomic E-state index is 0.212. The minimum absolute atomic E-state index is 0.212. The summed E-state index contributed by atoms with van der Waals surface area (Å²) >= 11 is 8.57. The molecule has 3 rings (SSSR count). The van der Waals surface area contributed by atoms with Gasteiger partial charge in [0.1, 0.15) is 12.1 Å². The number of likely N-dealkylation sites (N-methyl/N-ethyl adjacent to an activating group) is 1. The predicted molar refractivity (Wildman–Crippen MR) is 89.5 cm³/mol. The van der Waals surface area contributed by atoms with E-state index in [0.717, 1.165) is 33.3 Å². The number of aromatic nitrogens is 2. The number of anilines is 1.